The molecule has 0 radical (unpaired) electrons. The maximum Gasteiger partial charge on any atom is 0.335 e. The van der Waals surface area contributed by atoms with E-state index in [0.29, 0.717) is 43.0 Å². The number of aliphatic hydroxyl groups excluding tert-OH is 4. The number of benzene rings is 2. The molecule has 0 aromatic heterocycles. The fraction of sp³-hybridized carbons (Fsp3) is 0.424. The number of carboxylic acid groups (broad SMARTS) is 1. The van der Waals surface area contributed by atoms with Crippen LogP contribution in [0, 0.1) is 0 Å². The van der Waals surface area contributed by atoms with Crippen LogP contribution < -0.4 is 24.4 Å². The van der Waals surface area contributed by atoms with E-state index in [0.717, 1.165) is 25.0 Å². The minimum Gasteiger partial charge on any atom is -0.507 e. The molecule has 0 spiro atoms. The molecule has 14 nitrogen and oxygen atoms in total. The van der Waals surface area contributed by atoms with Gasteiger partial charge in [-0.3, -0.25) is 5.41 Å². The van der Waals surface area contributed by atoms with E-state index in [1.54, 1.807) is 30.3 Å². The highest BCUT2D eigenvalue weighted by atomic mass is 16.7. The standard InChI is InChI=1S/C33H36N2O12/c34-24-11-8-17(35-24)12-13-43-18-9-6-16(7-10-18)21-14-20(36)25-22(45-21)15-23(30(26(25)37)44-19-4-2-1-3-5-19)46-33-29(40)27(38)28(39)31(47-33)32(41)42/h6-11,14-15,19,21,27-29,31,33-34,36-40H,1-5,12-13H2,(H,41,42)/p+1/t21?,27-,28+,29-,31+,33-/m1/s1. The molecule has 1 aliphatic carbocycles. The van der Waals surface area contributed by atoms with E-state index in [1.807, 2.05) is 6.08 Å². The first-order chi connectivity index (χ1) is 22.6. The van der Waals surface area contributed by atoms with Crippen molar-refractivity contribution in [1.82, 2.24) is 0 Å². The monoisotopic (exact) mass is 653 g/mol. The zero-order chi connectivity index (χ0) is 33.2. The highest BCUT2D eigenvalue weighted by molar-refractivity contribution is 6.13. The molecule has 2 aromatic rings. The number of aliphatic carboxylic acids is 1. The molecular weight excluding hydrogens is 616 g/mol. The predicted molar refractivity (Wildman–Crippen MR) is 165 cm³/mol. The Balaban J connectivity index is 1.25. The minimum absolute atomic E-state index is 0.000888. The number of aliphatic imine (C=N–C) groups is 1. The van der Waals surface area contributed by atoms with Crippen LogP contribution in [-0.4, -0.2) is 91.6 Å². The second-order valence-electron chi connectivity index (χ2n) is 11.8. The Morgan fingerprint density at radius 1 is 0.979 bits per heavy atom. The summed E-state index contributed by atoms with van der Waals surface area (Å²) >= 11 is 0. The molecule has 1 saturated heterocycles. The number of aliphatic hydroxyl groups is 4. The van der Waals surface area contributed by atoms with E-state index in [1.165, 1.54) is 12.1 Å². The van der Waals surface area contributed by atoms with Gasteiger partial charge in [-0.2, -0.15) is 0 Å². The van der Waals surface area contributed by atoms with Crippen LogP contribution in [0.3, 0.4) is 0 Å². The summed E-state index contributed by atoms with van der Waals surface area (Å²) in [6, 6.07) is 8.35. The van der Waals surface area contributed by atoms with Gasteiger partial charge in [-0.1, -0.05) is 18.6 Å². The lowest BCUT2D eigenvalue weighted by molar-refractivity contribution is -0.271. The number of nitrogens with two attached hydrogens (primary N) is 1. The molecule has 2 aromatic carbocycles. The molecule has 8 N–H and O–H groups in total. The number of aromatic hydroxyl groups is 1. The number of rotatable bonds is 10. The van der Waals surface area contributed by atoms with Crippen molar-refractivity contribution in [1.29, 1.82) is 0 Å². The second-order valence-corrected chi connectivity index (χ2v) is 11.8. The van der Waals surface area contributed by atoms with Crippen LogP contribution >= 0.6 is 0 Å². The van der Waals surface area contributed by atoms with Crippen LogP contribution in [0.25, 0.3) is 5.76 Å². The zero-order valence-corrected chi connectivity index (χ0v) is 25.3. The molecule has 0 bridgehead atoms. The number of phenols is 1. The first kappa shape index (κ1) is 32.3. The van der Waals surface area contributed by atoms with Crippen LogP contribution in [-0.2, 0) is 9.53 Å². The summed E-state index contributed by atoms with van der Waals surface area (Å²) in [5.41, 5.74) is 1.43. The van der Waals surface area contributed by atoms with Gasteiger partial charge in [-0.25, -0.2) is 4.79 Å². The maximum absolute atomic E-state index is 11.7. The normalized spacial score (nSPS) is 27.3. The summed E-state index contributed by atoms with van der Waals surface area (Å²) in [7, 11) is 0. The third-order valence-corrected chi connectivity index (χ3v) is 8.45. The van der Waals surface area contributed by atoms with Crippen molar-refractivity contribution in [3.05, 3.63) is 59.7 Å². The van der Waals surface area contributed by atoms with Gasteiger partial charge < -0.3 is 54.3 Å². The van der Waals surface area contributed by atoms with Crippen molar-refractivity contribution in [3.63, 3.8) is 0 Å². The fourth-order valence-corrected chi connectivity index (χ4v) is 5.92. The van der Waals surface area contributed by atoms with E-state index < -0.39 is 48.5 Å². The van der Waals surface area contributed by atoms with Crippen LogP contribution in [0.5, 0.6) is 28.7 Å². The van der Waals surface area contributed by atoms with Gasteiger partial charge in [0.2, 0.25) is 12.0 Å². The van der Waals surface area contributed by atoms with Gasteiger partial charge in [0.05, 0.1) is 12.7 Å². The Morgan fingerprint density at radius 2 is 1.72 bits per heavy atom. The second kappa shape index (κ2) is 13.6. The van der Waals surface area contributed by atoms with E-state index >= 15 is 0 Å². The first-order valence-corrected chi connectivity index (χ1v) is 15.4. The van der Waals surface area contributed by atoms with Gasteiger partial charge in [-0.15, -0.1) is 0 Å². The molecule has 1 unspecified atom stereocenters. The van der Waals surface area contributed by atoms with Crippen molar-refractivity contribution in [2.75, 3.05) is 6.61 Å². The summed E-state index contributed by atoms with van der Waals surface area (Å²) in [6.07, 6.45) is -0.645. The average Bonchev–Trinajstić information content (AvgIpc) is 3.47. The van der Waals surface area contributed by atoms with Gasteiger partial charge in [0, 0.05) is 24.6 Å². The molecule has 6 atom stereocenters. The number of amidine groups is 1. The number of allylic oxidation sites excluding steroid dienone is 1. The van der Waals surface area contributed by atoms with Crippen LogP contribution in [0.4, 0.5) is 0 Å². The molecule has 6 rings (SSSR count). The molecule has 47 heavy (non-hydrogen) atoms. The molecule has 0 amide bonds. The molecular formula is C33H37N2O12+. The maximum atomic E-state index is 11.7. The van der Waals surface area contributed by atoms with E-state index in [2.05, 4.69) is 4.99 Å². The zero-order valence-electron chi connectivity index (χ0n) is 25.3. The number of ether oxygens (including phenoxy) is 5. The van der Waals surface area contributed by atoms with Crippen LogP contribution in [0.15, 0.2) is 53.6 Å². The number of hydrogen-bond acceptors (Lipinski definition) is 11. The predicted octanol–water partition coefficient (Wildman–Crippen LogP) is 1.34. The van der Waals surface area contributed by atoms with Crippen molar-refractivity contribution in [2.24, 2.45) is 4.99 Å². The fourth-order valence-electron chi connectivity index (χ4n) is 5.92. The molecule has 3 heterocycles. The Morgan fingerprint density at radius 3 is 2.40 bits per heavy atom. The summed E-state index contributed by atoms with van der Waals surface area (Å²) in [6.45, 7) is 0.389. The van der Waals surface area contributed by atoms with Crippen LogP contribution in [0.1, 0.15) is 55.8 Å². The number of carbonyl (C=O) groups is 1. The third-order valence-electron chi connectivity index (χ3n) is 8.45. The summed E-state index contributed by atoms with van der Waals surface area (Å²) in [4.78, 5) is 15.9. The smallest absolute Gasteiger partial charge is 0.335 e. The van der Waals surface area contributed by atoms with Gasteiger partial charge >= 0.3 is 11.8 Å². The highest BCUT2D eigenvalue weighted by Gasteiger charge is 2.48. The van der Waals surface area contributed by atoms with Crippen molar-refractivity contribution in [3.8, 4) is 28.7 Å². The topological polar surface area (TPSA) is 223 Å². The van der Waals surface area contributed by atoms with E-state index in [4.69, 9.17) is 29.1 Å². The number of fused-ring (bicyclic) bond motifs is 1. The van der Waals surface area contributed by atoms with Crippen LogP contribution in [0.2, 0.25) is 0 Å². The number of carboxylic acids is 1. The first-order valence-electron chi connectivity index (χ1n) is 15.4. The van der Waals surface area contributed by atoms with Gasteiger partial charge in [-0.05, 0) is 54.4 Å². The quantitative estimate of drug-likeness (QED) is 0.193. The van der Waals surface area contributed by atoms with Gasteiger partial charge in [0.15, 0.2) is 23.3 Å². The summed E-state index contributed by atoms with van der Waals surface area (Å²) in [5, 5.41) is 68.7. The number of hydrogen-bond donors (Lipinski definition) is 7. The van der Waals surface area contributed by atoms with E-state index in [-0.39, 0.29) is 34.7 Å². The molecule has 14 heteroatoms. The average molecular weight is 654 g/mol. The number of nitrogens with zero attached hydrogens (tertiary/aromatic N) is 1. The van der Waals surface area contributed by atoms with Gasteiger partial charge in [0.1, 0.15) is 47.2 Å². The Hall–Kier alpha value is -4.63. The largest absolute Gasteiger partial charge is 0.507 e. The minimum atomic E-state index is -1.92. The lowest BCUT2D eigenvalue weighted by Crippen LogP contribution is -2.61. The molecule has 250 valence electrons. The highest BCUT2D eigenvalue weighted by Crippen LogP contribution is 2.51. The number of phenolic OH excluding ortho intramolecular Hbond substituents is 1. The Bertz CT molecular complexity index is 1600. The molecule has 3 aliphatic heterocycles. The van der Waals surface area contributed by atoms with Gasteiger partial charge in [0.25, 0.3) is 0 Å². The molecule has 1 saturated carbocycles. The van der Waals surface area contributed by atoms with Crippen molar-refractivity contribution >= 4 is 23.3 Å². The van der Waals surface area contributed by atoms with Crippen molar-refractivity contribution < 1.29 is 64.5 Å². The SMILES string of the molecule is [NH2+]=C1C=CC(CCOc2ccc(C3C=C(O)c4c(cc(O[C@@H]5O[C@H](C(=O)O)[C@@H](O)[C@@H](O)[C@H]5O)c(OC5CCCCC5)c4O)O3)cc2)=N1. The lowest BCUT2D eigenvalue weighted by atomic mass is 9.97. The summed E-state index contributed by atoms with van der Waals surface area (Å²) < 4.78 is 29.3. The summed E-state index contributed by atoms with van der Waals surface area (Å²) in [5.74, 6) is -1.67. The Labute approximate surface area is 269 Å². The van der Waals surface area contributed by atoms with E-state index in [9.17, 15) is 35.4 Å². The molecule has 4 aliphatic rings. The Kier molecular flexibility index (Phi) is 9.36. The van der Waals surface area contributed by atoms with Crippen molar-refractivity contribution in [2.45, 2.75) is 81.4 Å². The molecule has 2 fully saturated rings. The third kappa shape index (κ3) is 6.90. The lowest BCUT2D eigenvalue weighted by Gasteiger charge is -2.39.